The minimum absolute atomic E-state index is 0.186. The van der Waals surface area contributed by atoms with E-state index in [-0.39, 0.29) is 17.8 Å². The van der Waals surface area contributed by atoms with Crippen molar-refractivity contribution in [3.63, 3.8) is 0 Å². The summed E-state index contributed by atoms with van der Waals surface area (Å²) in [5.74, 6) is -1.02. The predicted octanol–water partition coefficient (Wildman–Crippen LogP) is 2.21. The van der Waals surface area contributed by atoms with Gasteiger partial charge in [0.05, 0.1) is 6.42 Å². The predicted molar refractivity (Wildman–Crippen MR) is 68.5 cm³/mol. The van der Waals surface area contributed by atoms with Gasteiger partial charge in [-0.15, -0.1) is 0 Å². The van der Waals surface area contributed by atoms with Crippen molar-refractivity contribution in [1.82, 2.24) is 0 Å². The molecule has 0 bridgehead atoms. The Morgan fingerprint density at radius 2 is 1.84 bits per heavy atom. The molecule has 1 aliphatic heterocycles. The maximum absolute atomic E-state index is 12.0. The fourth-order valence-corrected chi connectivity index (χ4v) is 2.39. The van der Waals surface area contributed by atoms with E-state index >= 15 is 0 Å². The number of ether oxygens (including phenoxy) is 1. The lowest BCUT2D eigenvalue weighted by Gasteiger charge is -2.29. The molecule has 1 aromatic rings. The summed E-state index contributed by atoms with van der Waals surface area (Å²) in [5, 5.41) is 0. The molecule has 0 saturated carbocycles. The van der Waals surface area contributed by atoms with Crippen LogP contribution in [0.5, 0.6) is 5.75 Å². The molecule has 96 valence electrons. The molecular weight excluding hydrogens is 244 g/mol. The van der Waals surface area contributed by atoms with Gasteiger partial charge in [0, 0.05) is 16.7 Å². The standard InChI is InChI=1S/C15H12O4/c1-15(2)6-5-9-12(19-15)4-3-8-10(16)7-11(17)14(18)13(8)9/h3-6H,7H2,1-2H3. The fraction of sp³-hybridized carbons (Fsp3) is 0.267. The molecule has 4 heteroatoms. The second-order valence-corrected chi connectivity index (χ2v) is 5.29. The smallest absolute Gasteiger partial charge is 0.230 e. The lowest BCUT2D eigenvalue weighted by molar-refractivity contribution is -0.114. The minimum Gasteiger partial charge on any atom is -0.483 e. The molecule has 4 nitrogen and oxygen atoms in total. The molecule has 3 rings (SSSR count). The van der Waals surface area contributed by atoms with Gasteiger partial charge < -0.3 is 4.74 Å². The van der Waals surface area contributed by atoms with Gasteiger partial charge in [0.15, 0.2) is 5.78 Å². The molecule has 0 radical (unpaired) electrons. The zero-order chi connectivity index (χ0) is 13.8. The largest absolute Gasteiger partial charge is 0.483 e. The number of Topliss-reactive ketones (excluding diaryl/α,β-unsaturated/α-hetero) is 3. The summed E-state index contributed by atoms with van der Waals surface area (Å²) in [4.78, 5) is 35.4. The molecule has 1 aliphatic carbocycles. The molecule has 0 N–H and O–H groups in total. The molecule has 0 fully saturated rings. The molecule has 19 heavy (non-hydrogen) atoms. The number of carbonyl (C=O) groups excluding carboxylic acids is 3. The highest BCUT2D eigenvalue weighted by molar-refractivity contribution is 6.51. The number of rotatable bonds is 0. The highest BCUT2D eigenvalue weighted by Gasteiger charge is 2.35. The lowest BCUT2D eigenvalue weighted by atomic mass is 9.84. The average molecular weight is 256 g/mol. The highest BCUT2D eigenvalue weighted by Crippen LogP contribution is 2.36. The highest BCUT2D eigenvalue weighted by atomic mass is 16.5. The number of carbonyl (C=O) groups is 3. The Hall–Kier alpha value is -2.23. The van der Waals surface area contributed by atoms with Crippen LogP contribution in [0.4, 0.5) is 0 Å². The van der Waals surface area contributed by atoms with Crippen LogP contribution in [0.25, 0.3) is 6.08 Å². The van der Waals surface area contributed by atoms with E-state index in [1.807, 2.05) is 19.9 Å². The van der Waals surface area contributed by atoms with Gasteiger partial charge >= 0.3 is 0 Å². The van der Waals surface area contributed by atoms with Crippen molar-refractivity contribution in [1.29, 1.82) is 0 Å². The molecule has 1 aromatic carbocycles. The quantitative estimate of drug-likeness (QED) is 0.527. The first-order valence-electron chi connectivity index (χ1n) is 6.05. The number of benzene rings is 1. The van der Waals surface area contributed by atoms with Gasteiger partial charge in [-0.25, -0.2) is 0 Å². The maximum atomic E-state index is 12.0. The van der Waals surface area contributed by atoms with Crippen molar-refractivity contribution >= 4 is 23.4 Å². The van der Waals surface area contributed by atoms with Crippen molar-refractivity contribution in [3.05, 3.63) is 34.9 Å². The van der Waals surface area contributed by atoms with E-state index in [1.54, 1.807) is 18.2 Å². The van der Waals surface area contributed by atoms with Gasteiger partial charge in [0.2, 0.25) is 11.6 Å². The van der Waals surface area contributed by atoms with Gasteiger partial charge in [-0.05, 0) is 32.1 Å². The van der Waals surface area contributed by atoms with Crippen LogP contribution in [-0.2, 0) is 4.79 Å². The fourth-order valence-electron chi connectivity index (χ4n) is 2.39. The van der Waals surface area contributed by atoms with Crippen molar-refractivity contribution < 1.29 is 19.1 Å². The zero-order valence-electron chi connectivity index (χ0n) is 10.6. The topological polar surface area (TPSA) is 60.4 Å². The van der Waals surface area contributed by atoms with Gasteiger partial charge in [-0.2, -0.15) is 0 Å². The summed E-state index contributed by atoms with van der Waals surface area (Å²) in [6, 6.07) is 3.25. The van der Waals surface area contributed by atoms with Crippen LogP contribution >= 0.6 is 0 Å². The summed E-state index contributed by atoms with van der Waals surface area (Å²) >= 11 is 0. The van der Waals surface area contributed by atoms with Crippen LogP contribution in [0.1, 0.15) is 46.5 Å². The summed E-state index contributed by atoms with van der Waals surface area (Å²) in [6.07, 6.45) is 3.23. The van der Waals surface area contributed by atoms with Gasteiger partial charge in [0.25, 0.3) is 0 Å². The number of ketones is 3. The summed E-state index contributed by atoms with van der Waals surface area (Å²) in [6.45, 7) is 3.79. The van der Waals surface area contributed by atoms with E-state index in [0.29, 0.717) is 16.9 Å². The summed E-state index contributed by atoms with van der Waals surface area (Å²) in [7, 11) is 0. The van der Waals surface area contributed by atoms with Crippen LogP contribution in [0, 0.1) is 0 Å². The maximum Gasteiger partial charge on any atom is 0.230 e. The first-order chi connectivity index (χ1) is 8.89. The molecule has 1 heterocycles. The number of hydrogen-bond donors (Lipinski definition) is 0. The third-order valence-corrected chi connectivity index (χ3v) is 3.33. The van der Waals surface area contributed by atoms with Crippen molar-refractivity contribution in [2.24, 2.45) is 0 Å². The second kappa shape index (κ2) is 3.63. The molecule has 0 atom stereocenters. The molecule has 0 aromatic heterocycles. The molecular formula is C15H12O4. The number of hydrogen-bond acceptors (Lipinski definition) is 4. The Morgan fingerprint density at radius 3 is 2.58 bits per heavy atom. The van der Waals surface area contributed by atoms with E-state index in [9.17, 15) is 14.4 Å². The lowest BCUT2D eigenvalue weighted by Crippen LogP contribution is -2.31. The van der Waals surface area contributed by atoms with Crippen LogP contribution in [0.3, 0.4) is 0 Å². The van der Waals surface area contributed by atoms with Gasteiger partial charge in [0.1, 0.15) is 11.4 Å². The van der Waals surface area contributed by atoms with Crippen LogP contribution in [0.2, 0.25) is 0 Å². The molecule has 0 amide bonds. The average Bonchev–Trinajstić information content (AvgIpc) is 2.33. The van der Waals surface area contributed by atoms with E-state index in [0.717, 1.165) is 0 Å². The Morgan fingerprint density at radius 1 is 1.11 bits per heavy atom. The van der Waals surface area contributed by atoms with Crippen molar-refractivity contribution in [2.45, 2.75) is 25.9 Å². The summed E-state index contributed by atoms with van der Waals surface area (Å²) in [5.41, 5.74) is 0.567. The molecule has 0 spiro atoms. The monoisotopic (exact) mass is 256 g/mol. The Bertz CT molecular complexity index is 665. The first-order valence-corrected chi connectivity index (χ1v) is 6.05. The Kier molecular flexibility index (Phi) is 2.26. The van der Waals surface area contributed by atoms with Crippen molar-refractivity contribution in [2.75, 3.05) is 0 Å². The minimum atomic E-state index is -0.649. The molecule has 2 aliphatic rings. The van der Waals surface area contributed by atoms with E-state index in [4.69, 9.17) is 4.74 Å². The SMILES string of the molecule is CC1(C)C=Cc2c(ccc3c2C(=O)C(=O)CC3=O)O1. The first kappa shape index (κ1) is 11.8. The third kappa shape index (κ3) is 1.71. The molecule has 0 saturated heterocycles. The van der Waals surface area contributed by atoms with E-state index < -0.39 is 17.2 Å². The molecule has 0 unspecified atom stereocenters. The van der Waals surface area contributed by atoms with Crippen LogP contribution in [0.15, 0.2) is 18.2 Å². The van der Waals surface area contributed by atoms with Crippen LogP contribution in [-0.4, -0.2) is 23.0 Å². The van der Waals surface area contributed by atoms with E-state index in [1.165, 1.54) is 0 Å². The number of fused-ring (bicyclic) bond motifs is 3. The van der Waals surface area contributed by atoms with E-state index in [2.05, 4.69) is 0 Å². The normalized spacial score (nSPS) is 19.8. The van der Waals surface area contributed by atoms with Gasteiger partial charge in [-0.1, -0.05) is 6.08 Å². The van der Waals surface area contributed by atoms with Crippen LogP contribution < -0.4 is 4.74 Å². The second-order valence-electron chi connectivity index (χ2n) is 5.29. The summed E-state index contributed by atoms with van der Waals surface area (Å²) < 4.78 is 5.74. The Balaban J connectivity index is 2.26. The van der Waals surface area contributed by atoms with Crippen molar-refractivity contribution in [3.8, 4) is 5.75 Å². The Labute approximate surface area is 110 Å². The van der Waals surface area contributed by atoms with Gasteiger partial charge in [-0.3, -0.25) is 14.4 Å². The zero-order valence-corrected chi connectivity index (χ0v) is 10.6. The third-order valence-electron chi connectivity index (χ3n) is 3.33.